The summed E-state index contributed by atoms with van der Waals surface area (Å²) in [5.41, 5.74) is 1.51. The molecule has 146 valence electrons. The topological polar surface area (TPSA) is 97.8 Å². The molecule has 0 aliphatic carbocycles. The van der Waals surface area contributed by atoms with Crippen LogP contribution in [0.15, 0.2) is 47.4 Å². The lowest BCUT2D eigenvalue weighted by molar-refractivity contribution is 0.0481. The van der Waals surface area contributed by atoms with Crippen LogP contribution in [0.1, 0.15) is 43.1 Å². The maximum atomic E-state index is 12.3. The van der Waals surface area contributed by atoms with Gasteiger partial charge in [0.25, 0.3) is 11.8 Å². The lowest BCUT2D eigenvalue weighted by atomic mass is 10.1. The molecule has 0 saturated heterocycles. The second-order valence-electron chi connectivity index (χ2n) is 6.55. The van der Waals surface area contributed by atoms with Crippen LogP contribution >= 0.6 is 0 Å². The van der Waals surface area contributed by atoms with Gasteiger partial charge < -0.3 is 4.74 Å². The number of fused-ring (bicyclic) bond motifs is 1. The number of imide groups is 1. The summed E-state index contributed by atoms with van der Waals surface area (Å²) >= 11 is 0. The molecule has 0 fully saturated rings. The molecule has 0 unspecified atom stereocenters. The van der Waals surface area contributed by atoms with E-state index in [1.807, 2.05) is 0 Å². The summed E-state index contributed by atoms with van der Waals surface area (Å²) in [6, 6.07) is 10.9. The SMILES string of the molecule is Cc1ccc(S(C)(=O)=O)cc1C(=O)OCCCN1C(=O)c2ccccc2C1=O. The first-order valence-corrected chi connectivity index (χ1v) is 10.5. The van der Waals surface area contributed by atoms with Crippen LogP contribution in [0, 0.1) is 6.92 Å². The van der Waals surface area contributed by atoms with Crippen molar-refractivity contribution >= 4 is 27.6 Å². The number of carbonyl (C=O) groups is 3. The number of ether oxygens (including phenoxy) is 1. The molecule has 0 N–H and O–H groups in total. The summed E-state index contributed by atoms with van der Waals surface area (Å²) in [6.07, 6.45) is 1.34. The van der Waals surface area contributed by atoms with Gasteiger partial charge in [-0.25, -0.2) is 13.2 Å². The Labute approximate surface area is 162 Å². The molecule has 0 atom stereocenters. The molecule has 1 aliphatic rings. The average molecular weight is 401 g/mol. The minimum absolute atomic E-state index is 0.00518. The van der Waals surface area contributed by atoms with E-state index in [2.05, 4.69) is 0 Å². The smallest absolute Gasteiger partial charge is 0.338 e. The first-order chi connectivity index (χ1) is 13.2. The van der Waals surface area contributed by atoms with Crippen molar-refractivity contribution < 1.29 is 27.5 Å². The molecule has 1 aliphatic heterocycles. The van der Waals surface area contributed by atoms with E-state index >= 15 is 0 Å². The van der Waals surface area contributed by atoms with E-state index in [-0.39, 0.29) is 41.8 Å². The van der Waals surface area contributed by atoms with E-state index < -0.39 is 15.8 Å². The minimum Gasteiger partial charge on any atom is -0.462 e. The zero-order valence-corrected chi connectivity index (χ0v) is 16.3. The van der Waals surface area contributed by atoms with Gasteiger partial charge in [-0.1, -0.05) is 18.2 Å². The molecule has 0 saturated carbocycles. The van der Waals surface area contributed by atoms with Crippen LogP contribution in [0.25, 0.3) is 0 Å². The van der Waals surface area contributed by atoms with Crippen molar-refractivity contribution in [1.82, 2.24) is 4.90 Å². The van der Waals surface area contributed by atoms with E-state index in [9.17, 15) is 22.8 Å². The number of carbonyl (C=O) groups excluding carboxylic acids is 3. The van der Waals surface area contributed by atoms with Crippen LogP contribution in [0.5, 0.6) is 0 Å². The van der Waals surface area contributed by atoms with Gasteiger partial charge in [0.05, 0.1) is 28.2 Å². The van der Waals surface area contributed by atoms with Crippen molar-refractivity contribution in [3.05, 3.63) is 64.7 Å². The second kappa shape index (κ2) is 7.55. The van der Waals surface area contributed by atoms with Gasteiger partial charge in [0, 0.05) is 12.8 Å². The van der Waals surface area contributed by atoms with Crippen LogP contribution in [0.4, 0.5) is 0 Å². The Hall–Kier alpha value is -3.00. The summed E-state index contributed by atoms with van der Waals surface area (Å²) in [6.45, 7) is 1.80. The molecule has 28 heavy (non-hydrogen) atoms. The Morgan fingerprint density at radius 1 is 1.04 bits per heavy atom. The number of rotatable bonds is 6. The number of benzene rings is 2. The molecular weight excluding hydrogens is 382 g/mol. The van der Waals surface area contributed by atoms with Crippen molar-refractivity contribution in [1.29, 1.82) is 0 Å². The molecule has 0 bridgehead atoms. The Morgan fingerprint density at radius 3 is 2.21 bits per heavy atom. The number of aryl methyl sites for hydroxylation is 1. The fraction of sp³-hybridized carbons (Fsp3) is 0.250. The lowest BCUT2D eigenvalue weighted by Crippen LogP contribution is -2.31. The predicted molar refractivity (Wildman–Crippen MR) is 101 cm³/mol. The molecule has 7 nitrogen and oxygen atoms in total. The van der Waals surface area contributed by atoms with E-state index in [0.717, 1.165) is 11.2 Å². The molecular formula is C20H19NO6S. The third-order valence-electron chi connectivity index (χ3n) is 4.49. The number of nitrogens with zero attached hydrogens (tertiary/aromatic N) is 1. The normalized spacial score (nSPS) is 13.6. The Balaban J connectivity index is 1.59. The molecule has 2 aromatic carbocycles. The van der Waals surface area contributed by atoms with Crippen LogP contribution in [0.3, 0.4) is 0 Å². The van der Waals surface area contributed by atoms with Gasteiger partial charge in [-0.15, -0.1) is 0 Å². The molecule has 0 spiro atoms. The Morgan fingerprint density at radius 2 is 1.64 bits per heavy atom. The van der Waals surface area contributed by atoms with Gasteiger partial charge in [-0.05, 0) is 43.2 Å². The maximum absolute atomic E-state index is 12.3. The zero-order valence-electron chi connectivity index (χ0n) is 15.5. The number of hydrogen-bond acceptors (Lipinski definition) is 6. The molecule has 0 radical (unpaired) electrons. The van der Waals surface area contributed by atoms with E-state index in [1.165, 1.54) is 12.1 Å². The largest absolute Gasteiger partial charge is 0.462 e. The summed E-state index contributed by atoms with van der Waals surface area (Å²) < 4.78 is 28.5. The summed E-state index contributed by atoms with van der Waals surface area (Å²) in [5, 5.41) is 0. The Kier molecular flexibility index (Phi) is 5.33. The fourth-order valence-electron chi connectivity index (χ4n) is 2.96. The lowest BCUT2D eigenvalue weighted by Gasteiger charge is -2.14. The highest BCUT2D eigenvalue weighted by Crippen LogP contribution is 2.22. The summed E-state index contributed by atoms with van der Waals surface area (Å²) in [5.74, 6) is -1.36. The monoisotopic (exact) mass is 401 g/mol. The van der Waals surface area contributed by atoms with Gasteiger partial charge in [0.15, 0.2) is 9.84 Å². The molecule has 2 amide bonds. The van der Waals surface area contributed by atoms with Crippen molar-refractivity contribution in [2.24, 2.45) is 0 Å². The van der Waals surface area contributed by atoms with Gasteiger partial charge in [-0.3, -0.25) is 14.5 Å². The molecule has 2 aromatic rings. The van der Waals surface area contributed by atoms with Gasteiger partial charge in [-0.2, -0.15) is 0 Å². The summed E-state index contributed by atoms with van der Waals surface area (Å²) in [7, 11) is -3.44. The van der Waals surface area contributed by atoms with Gasteiger partial charge in [0.2, 0.25) is 0 Å². The fourth-order valence-corrected chi connectivity index (χ4v) is 3.61. The maximum Gasteiger partial charge on any atom is 0.338 e. The van der Waals surface area contributed by atoms with Crippen LogP contribution in [0.2, 0.25) is 0 Å². The molecule has 0 aromatic heterocycles. The minimum atomic E-state index is -3.44. The quantitative estimate of drug-likeness (QED) is 0.418. The van der Waals surface area contributed by atoms with Crippen molar-refractivity contribution in [3.8, 4) is 0 Å². The van der Waals surface area contributed by atoms with Crippen LogP contribution in [-0.2, 0) is 14.6 Å². The zero-order chi connectivity index (χ0) is 20.5. The first kappa shape index (κ1) is 19.8. The average Bonchev–Trinajstić information content (AvgIpc) is 2.89. The molecule has 1 heterocycles. The number of hydrogen-bond donors (Lipinski definition) is 0. The highest BCUT2D eigenvalue weighted by Gasteiger charge is 2.34. The predicted octanol–water partition coefficient (Wildman–Crippen LogP) is 2.24. The standard InChI is InChI=1S/C20H19NO6S/c1-13-8-9-14(28(2,25)26)12-17(13)20(24)27-11-5-10-21-18(22)15-6-3-4-7-16(15)19(21)23/h3-4,6-9,12H,5,10-11H2,1-2H3. The number of sulfone groups is 1. The number of esters is 1. The second-order valence-corrected chi connectivity index (χ2v) is 8.56. The van der Waals surface area contributed by atoms with Crippen molar-refractivity contribution in [2.75, 3.05) is 19.4 Å². The van der Waals surface area contributed by atoms with Crippen molar-refractivity contribution in [2.45, 2.75) is 18.2 Å². The third kappa shape index (κ3) is 3.82. The van der Waals surface area contributed by atoms with Gasteiger partial charge in [0.1, 0.15) is 0 Å². The van der Waals surface area contributed by atoms with Crippen LogP contribution in [-0.4, -0.2) is 50.5 Å². The van der Waals surface area contributed by atoms with E-state index in [1.54, 1.807) is 37.3 Å². The highest BCUT2D eigenvalue weighted by molar-refractivity contribution is 7.90. The van der Waals surface area contributed by atoms with Crippen LogP contribution < -0.4 is 0 Å². The van der Waals surface area contributed by atoms with Crippen molar-refractivity contribution in [3.63, 3.8) is 0 Å². The molecule has 3 rings (SSSR count). The van der Waals surface area contributed by atoms with E-state index in [4.69, 9.17) is 4.74 Å². The Bertz CT molecular complexity index is 1040. The van der Waals surface area contributed by atoms with E-state index in [0.29, 0.717) is 16.7 Å². The van der Waals surface area contributed by atoms with Gasteiger partial charge >= 0.3 is 5.97 Å². The highest BCUT2D eigenvalue weighted by atomic mass is 32.2. The third-order valence-corrected chi connectivity index (χ3v) is 5.60. The summed E-state index contributed by atoms with van der Waals surface area (Å²) in [4.78, 5) is 38.0. The molecule has 8 heteroatoms. The first-order valence-electron chi connectivity index (χ1n) is 8.63. The number of amides is 2.